The fraction of sp³-hybridized carbons (Fsp3) is 0.625. The summed E-state index contributed by atoms with van der Waals surface area (Å²) in [6.07, 6.45) is 8.43. The summed E-state index contributed by atoms with van der Waals surface area (Å²) >= 11 is 4.04. The maximum atomic E-state index is 4.04. The Morgan fingerprint density at radius 1 is 1.06 bits per heavy atom. The lowest BCUT2D eigenvalue weighted by atomic mass is 9.84. The minimum atomic E-state index is 0.339. The molecule has 3 rings (SSSR count). The van der Waals surface area contributed by atoms with Crippen LogP contribution in [0.25, 0.3) is 0 Å². The predicted molar refractivity (Wildman–Crippen MR) is 76.6 cm³/mol. The molecule has 0 amide bonds. The van der Waals surface area contributed by atoms with Gasteiger partial charge in [-0.25, -0.2) is 0 Å². The number of rotatable bonds is 1. The van der Waals surface area contributed by atoms with Gasteiger partial charge in [-0.05, 0) is 31.2 Å². The Kier molecular flexibility index (Phi) is 2.85. The van der Waals surface area contributed by atoms with Gasteiger partial charge >= 0.3 is 0 Å². The second-order valence-electron chi connectivity index (χ2n) is 5.92. The van der Waals surface area contributed by atoms with E-state index in [-0.39, 0.29) is 0 Å². The molecular formula is C16H21Br. The molecule has 1 heteroatoms. The topological polar surface area (TPSA) is 0 Å². The highest BCUT2D eigenvalue weighted by molar-refractivity contribution is 9.10. The number of halogens is 1. The molecule has 2 saturated carbocycles. The van der Waals surface area contributed by atoms with Gasteiger partial charge < -0.3 is 0 Å². The van der Waals surface area contributed by atoms with Gasteiger partial charge in [0.2, 0.25) is 0 Å². The van der Waals surface area contributed by atoms with Crippen LogP contribution in [0.1, 0.15) is 51.0 Å². The summed E-state index contributed by atoms with van der Waals surface area (Å²) in [6.45, 7) is 2.41. The van der Waals surface area contributed by atoms with Crippen LogP contribution in [-0.2, 0) is 5.41 Å². The summed E-state index contributed by atoms with van der Waals surface area (Å²) in [4.78, 5) is 0. The Hall–Kier alpha value is -0.300. The van der Waals surface area contributed by atoms with E-state index in [1.807, 2.05) is 0 Å². The van der Waals surface area contributed by atoms with Gasteiger partial charge in [0.25, 0.3) is 0 Å². The normalized spacial score (nSPS) is 41.2. The van der Waals surface area contributed by atoms with Crippen molar-refractivity contribution in [3.8, 4) is 0 Å². The van der Waals surface area contributed by atoms with Crippen LogP contribution in [0.3, 0.4) is 0 Å². The van der Waals surface area contributed by atoms with Crippen molar-refractivity contribution in [1.29, 1.82) is 0 Å². The smallest absolute Gasteiger partial charge is 0.0366 e. The highest BCUT2D eigenvalue weighted by Gasteiger charge is 2.71. The van der Waals surface area contributed by atoms with Crippen LogP contribution in [0.15, 0.2) is 30.3 Å². The highest BCUT2D eigenvalue weighted by Crippen LogP contribution is 2.72. The average molecular weight is 293 g/mol. The SMILES string of the molecule is C[C@@]1(Br)C2CCCCCC[C@@]21c1ccccc1. The number of hydrogen-bond acceptors (Lipinski definition) is 0. The molecule has 0 aliphatic heterocycles. The molecule has 0 N–H and O–H groups in total. The summed E-state index contributed by atoms with van der Waals surface area (Å²) < 4.78 is 0.339. The van der Waals surface area contributed by atoms with Gasteiger partial charge in [0.1, 0.15) is 0 Å². The molecule has 0 nitrogen and oxygen atoms in total. The van der Waals surface area contributed by atoms with E-state index in [1.54, 1.807) is 5.56 Å². The molecule has 17 heavy (non-hydrogen) atoms. The molecule has 0 bridgehead atoms. The third-order valence-corrected chi connectivity index (χ3v) is 6.40. The molecule has 2 aliphatic rings. The van der Waals surface area contributed by atoms with E-state index < -0.39 is 0 Å². The molecule has 2 fully saturated rings. The predicted octanol–water partition coefficient (Wildman–Crippen LogP) is 5.06. The molecule has 1 unspecified atom stereocenters. The summed E-state index contributed by atoms with van der Waals surface area (Å²) in [7, 11) is 0. The van der Waals surface area contributed by atoms with Gasteiger partial charge in [0.05, 0.1) is 0 Å². The van der Waals surface area contributed by atoms with E-state index in [0.717, 1.165) is 5.92 Å². The molecule has 0 saturated heterocycles. The fourth-order valence-electron chi connectivity index (χ4n) is 4.15. The quantitative estimate of drug-likeness (QED) is 0.635. The van der Waals surface area contributed by atoms with Crippen molar-refractivity contribution >= 4 is 15.9 Å². The largest absolute Gasteiger partial charge is 0.0843 e. The lowest BCUT2D eigenvalue weighted by Gasteiger charge is -2.22. The minimum Gasteiger partial charge on any atom is -0.0843 e. The van der Waals surface area contributed by atoms with Gasteiger partial charge in [-0.15, -0.1) is 0 Å². The van der Waals surface area contributed by atoms with Crippen molar-refractivity contribution in [2.75, 3.05) is 0 Å². The van der Waals surface area contributed by atoms with E-state index >= 15 is 0 Å². The lowest BCUT2D eigenvalue weighted by molar-refractivity contribution is 0.441. The first-order valence-electron chi connectivity index (χ1n) is 6.94. The summed E-state index contributed by atoms with van der Waals surface area (Å²) in [5, 5.41) is 0. The van der Waals surface area contributed by atoms with Crippen molar-refractivity contribution < 1.29 is 0 Å². The average Bonchev–Trinajstić information content (AvgIpc) is 2.74. The standard InChI is InChI=1S/C16H21Br/c1-15(17)14-11-7-2-3-8-12-16(14,15)13-9-5-4-6-10-13/h4-6,9-10,14H,2-3,7-8,11-12H2,1H3/t14?,15-,16-/m1/s1. The third kappa shape index (κ3) is 1.62. The van der Waals surface area contributed by atoms with Crippen LogP contribution >= 0.6 is 15.9 Å². The zero-order chi connectivity index (χ0) is 11.9. The Morgan fingerprint density at radius 3 is 2.53 bits per heavy atom. The maximum absolute atomic E-state index is 4.04. The zero-order valence-electron chi connectivity index (χ0n) is 10.6. The highest BCUT2D eigenvalue weighted by atomic mass is 79.9. The summed E-state index contributed by atoms with van der Waals surface area (Å²) in [5.74, 6) is 0.845. The maximum Gasteiger partial charge on any atom is 0.0366 e. The number of fused-ring (bicyclic) bond motifs is 1. The number of benzene rings is 1. The first-order valence-corrected chi connectivity index (χ1v) is 7.73. The first kappa shape index (κ1) is 11.8. The van der Waals surface area contributed by atoms with Gasteiger partial charge in [-0.3, -0.25) is 0 Å². The molecule has 92 valence electrons. The van der Waals surface area contributed by atoms with E-state index in [4.69, 9.17) is 0 Å². The van der Waals surface area contributed by atoms with Gasteiger partial charge in [0.15, 0.2) is 0 Å². The first-order chi connectivity index (χ1) is 8.19. The van der Waals surface area contributed by atoms with E-state index in [2.05, 4.69) is 53.2 Å². The zero-order valence-corrected chi connectivity index (χ0v) is 12.2. The van der Waals surface area contributed by atoms with Crippen molar-refractivity contribution in [2.24, 2.45) is 5.92 Å². The van der Waals surface area contributed by atoms with Crippen LogP contribution in [-0.4, -0.2) is 4.32 Å². The van der Waals surface area contributed by atoms with Crippen molar-refractivity contribution in [1.82, 2.24) is 0 Å². The van der Waals surface area contributed by atoms with Crippen LogP contribution < -0.4 is 0 Å². The Morgan fingerprint density at radius 2 is 1.76 bits per heavy atom. The van der Waals surface area contributed by atoms with Crippen molar-refractivity contribution in [3.63, 3.8) is 0 Å². The molecule has 2 aliphatic carbocycles. The van der Waals surface area contributed by atoms with Gasteiger partial charge in [0, 0.05) is 9.74 Å². The van der Waals surface area contributed by atoms with E-state index in [9.17, 15) is 0 Å². The van der Waals surface area contributed by atoms with Gasteiger partial charge in [-0.1, -0.05) is 71.9 Å². The molecule has 1 aromatic rings. The molecule has 0 heterocycles. The monoisotopic (exact) mass is 292 g/mol. The van der Waals surface area contributed by atoms with Crippen LogP contribution in [0.4, 0.5) is 0 Å². The van der Waals surface area contributed by atoms with Crippen LogP contribution in [0, 0.1) is 5.92 Å². The van der Waals surface area contributed by atoms with E-state index in [1.165, 1.54) is 38.5 Å². The Labute approximate surface area is 113 Å². The third-order valence-electron chi connectivity index (χ3n) is 5.14. The lowest BCUT2D eigenvalue weighted by Crippen LogP contribution is -2.17. The Bertz CT molecular complexity index is 395. The number of hydrogen-bond donors (Lipinski definition) is 0. The Balaban J connectivity index is 1.98. The second kappa shape index (κ2) is 4.12. The molecule has 0 radical (unpaired) electrons. The summed E-state index contributed by atoms with van der Waals surface area (Å²) in [5.41, 5.74) is 1.99. The molecule has 3 atom stereocenters. The molecule has 1 aromatic carbocycles. The van der Waals surface area contributed by atoms with Crippen molar-refractivity contribution in [2.45, 2.75) is 55.2 Å². The van der Waals surface area contributed by atoms with E-state index in [0.29, 0.717) is 9.74 Å². The molecule has 0 spiro atoms. The van der Waals surface area contributed by atoms with Crippen LogP contribution in [0.2, 0.25) is 0 Å². The van der Waals surface area contributed by atoms with Crippen LogP contribution in [0.5, 0.6) is 0 Å². The minimum absolute atomic E-state index is 0.339. The van der Waals surface area contributed by atoms with Crippen molar-refractivity contribution in [3.05, 3.63) is 35.9 Å². The van der Waals surface area contributed by atoms with Gasteiger partial charge in [-0.2, -0.15) is 0 Å². The second-order valence-corrected chi connectivity index (χ2v) is 7.57. The number of alkyl halides is 1. The summed E-state index contributed by atoms with van der Waals surface area (Å²) in [6, 6.07) is 11.2. The molecule has 0 aromatic heterocycles. The molecular weight excluding hydrogens is 272 g/mol. The fourth-order valence-corrected chi connectivity index (χ4v) is 5.36.